The molecule has 31 heavy (non-hydrogen) atoms. The lowest BCUT2D eigenvalue weighted by atomic mass is 9.86. The largest absolute Gasteiger partial charge is 0.458 e. The first-order chi connectivity index (χ1) is 15.0. The Balaban J connectivity index is 1.72. The maximum absolute atomic E-state index is 13.2. The minimum Gasteiger partial charge on any atom is -0.458 e. The van der Waals surface area contributed by atoms with Crippen molar-refractivity contribution >= 4 is 16.9 Å². The summed E-state index contributed by atoms with van der Waals surface area (Å²) in [6, 6.07) is 9.53. The summed E-state index contributed by atoms with van der Waals surface area (Å²) in [5, 5.41) is 14.9. The van der Waals surface area contributed by atoms with Crippen molar-refractivity contribution in [1.82, 2.24) is 14.9 Å². The van der Waals surface area contributed by atoms with Crippen molar-refractivity contribution in [3.05, 3.63) is 62.9 Å². The Bertz CT molecular complexity index is 1380. The quantitative estimate of drug-likeness (QED) is 0.382. The second-order valence-corrected chi connectivity index (χ2v) is 7.80. The first kappa shape index (κ1) is 19.5. The number of nitrogens with zero attached hydrogens (tertiary/aromatic N) is 2. The lowest BCUT2D eigenvalue weighted by Crippen LogP contribution is -2.44. The second kappa shape index (κ2) is 7.05. The molecule has 156 valence electrons. The van der Waals surface area contributed by atoms with Gasteiger partial charge in [-0.1, -0.05) is 24.8 Å². The number of nitrogens with one attached hydrogen (secondary N) is 1. The lowest BCUT2D eigenvalue weighted by Gasteiger charge is -2.31. The molecule has 0 amide bonds. The minimum absolute atomic E-state index is 0.119. The molecule has 2 aromatic heterocycles. The van der Waals surface area contributed by atoms with Gasteiger partial charge in [0.15, 0.2) is 5.60 Å². The fraction of sp³-hybridized carbons (Fsp3) is 0.292. The Morgan fingerprint density at radius 3 is 2.94 bits per heavy atom. The van der Waals surface area contributed by atoms with Gasteiger partial charge in [-0.15, -0.1) is 0 Å². The van der Waals surface area contributed by atoms with Crippen LogP contribution in [-0.4, -0.2) is 34.2 Å². The van der Waals surface area contributed by atoms with Gasteiger partial charge in [0.05, 0.1) is 35.6 Å². The van der Waals surface area contributed by atoms with Crippen LogP contribution in [0.25, 0.3) is 22.3 Å². The van der Waals surface area contributed by atoms with E-state index in [9.17, 15) is 14.7 Å². The molecule has 0 saturated heterocycles. The fourth-order valence-electron chi connectivity index (χ4n) is 4.34. The number of hydrogen-bond acceptors (Lipinski definition) is 6. The maximum atomic E-state index is 13.2. The van der Waals surface area contributed by atoms with Gasteiger partial charge in [-0.2, -0.15) is 0 Å². The number of carbonyl (C=O) groups is 1. The van der Waals surface area contributed by atoms with E-state index in [0.29, 0.717) is 35.6 Å². The Labute approximate surface area is 178 Å². The average molecular weight is 415 g/mol. The molecule has 2 aliphatic rings. The molecule has 5 rings (SSSR count). The molecule has 4 heterocycles. The van der Waals surface area contributed by atoms with Gasteiger partial charge in [0.25, 0.3) is 5.56 Å². The van der Waals surface area contributed by atoms with Crippen molar-refractivity contribution < 1.29 is 14.6 Å². The third-order valence-electron chi connectivity index (χ3n) is 6.04. The molecule has 0 aliphatic carbocycles. The highest BCUT2D eigenvalue weighted by molar-refractivity contribution is 5.89. The van der Waals surface area contributed by atoms with E-state index in [2.05, 4.69) is 17.2 Å². The van der Waals surface area contributed by atoms with Gasteiger partial charge in [0.2, 0.25) is 0 Å². The molecule has 1 atom stereocenters. The van der Waals surface area contributed by atoms with Crippen LogP contribution in [0.5, 0.6) is 0 Å². The van der Waals surface area contributed by atoms with Crippen LogP contribution in [0.4, 0.5) is 0 Å². The molecule has 7 nitrogen and oxygen atoms in total. The summed E-state index contributed by atoms with van der Waals surface area (Å²) in [6.45, 7) is 2.52. The Kier molecular flexibility index (Phi) is 4.43. The third kappa shape index (κ3) is 2.80. The van der Waals surface area contributed by atoms with Crippen LogP contribution in [-0.2, 0) is 28.3 Å². The highest BCUT2D eigenvalue weighted by atomic mass is 16.6. The van der Waals surface area contributed by atoms with E-state index >= 15 is 0 Å². The Hall–Kier alpha value is -3.47. The van der Waals surface area contributed by atoms with E-state index in [1.807, 2.05) is 31.3 Å². The number of rotatable bonds is 2. The van der Waals surface area contributed by atoms with Crippen molar-refractivity contribution in [1.29, 1.82) is 0 Å². The van der Waals surface area contributed by atoms with Gasteiger partial charge in [-0.05, 0) is 37.7 Å². The smallest absolute Gasteiger partial charge is 0.343 e. The predicted octanol–water partition coefficient (Wildman–Crippen LogP) is 1.65. The molecule has 3 aromatic rings. The predicted molar refractivity (Wildman–Crippen MR) is 115 cm³/mol. The zero-order chi connectivity index (χ0) is 21.8. The van der Waals surface area contributed by atoms with Gasteiger partial charge in [0.1, 0.15) is 6.61 Å². The number of fused-ring (bicyclic) bond motifs is 5. The van der Waals surface area contributed by atoms with Crippen molar-refractivity contribution in [2.24, 2.45) is 0 Å². The molecule has 2 aliphatic heterocycles. The second-order valence-electron chi connectivity index (χ2n) is 7.80. The van der Waals surface area contributed by atoms with E-state index in [4.69, 9.17) is 9.72 Å². The SMILES string of the molecule is CC[C@@]1(O)C(=O)OCc2c1cc1n(c2=O)Cc2cc3c(C#CCNC)cccc3nc2-1. The van der Waals surface area contributed by atoms with Crippen molar-refractivity contribution in [3.8, 4) is 23.2 Å². The van der Waals surface area contributed by atoms with E-state index in [1.54, 1.807) is 17.6 Å². The van der Waals surface area contributed by atoms with E-state index in [1.165, 1.54) is 0 Å². The molecule has 0 bridgehead atoms. The van der Waals surface area contributed by atoms with Crippen LogP contribution < -0.4 is 10.9 Å². The molecule has 0 unspecified atom stereocenters. The van der Waals surface area contributed by atoms with Crippen LogP contribution in [0.3, 0.4) is 0 Å². The van der Waals surface area contributed by atoms with Crippen LogP contribution in [0.2, 0.25) is 0 Å². The van der Waals surface area contributed by atoms with E-state index in [0.717, 1.165) is 22.0 Å². The van der Waals surface area contributed by atoms with Crippen LogP contribution >= 0.6 is 0 Å². The number of hydrogen-bond donors (Lipinski definition) is 2. The molecule has 7 heteroatoms. The highest BCUT2D eigenvalue weighted by Gasteiger charge is 2.45. The molecular formula is C24H21N3O4. The topological polar surface area (TPSA) is 93.5 Å². The zero-order valence-electron chi connectivity index (χ0n) is 17.3. The van der Waals surface area contributed by atoms with Gasteiger partial charge >= 0.3 is 5.97 Å². The van der Waals surface area contributed by atoms with Crippen molar-refractivity contribution in [3.63, 3.8) is 0 Å². The number of benzene rings is 1. The van der Waals surface area contributed by atoms with Gasteiger partial charge < -0.3 is 19.7 Å². The minimum atomic E-state index is -1.82. The normalized spacial score (nSPS) is 18.6. The highest BCUT2D eigenvalue weighted by Crippen LogP contribution is 2.38. The monoisotopic (exact) mass is 415 g/mol. The maximum Gasteiger partial charge on any atom is 0.343 e. The number of aliphatic hydroxyl groups is 1. The van der Waals surface area contributed by atoms with E-state index < -0.39 is 11.6 Å². The first-order valence-electron chi connectivity index (χ1n) is 10.2. The summed E-state index contributed by atoms with van der Waals surface area (Å²) in [4.78, 5) is 30.3. The molecule has 0 radical (unpaired) electrons. The Morgan fingerprint density at radius 2 is 2.16 bits per heavy atom. The van der Waals surface area contributed by atoms with Gasteiger partial charge in [-0.3, -0.25) is 4.79 Å². The molecule has 0 saturated carbocycles. The summed E-state index contributed by atoms with van der Waals surface area (Å²) in [5.74, 6) is 5.53. The van der Waals surface area contributed by atoms with Crippen LogP contribution in [0.1, 0.15) is 35.6 Å². The average Bonchev–Trinajstić information content (AvgIpc) is 3.13. The standard InChI is InChI=1S/C24H21N3O4/c1-3-24(30)18-11-20-21-15(12-27(20)22(28)17(18)13-31-23(24)29)10-16-14(7-5-9-25-2)6-4-8-19(16)26-21/h4,6,8,10-11,25,30H,3,9,12-13H2,1-2H3/t24-/m0/s1. The molecule has 2 N–H and O–H groups in total. The van der Waals surface area contributed by atoms with E-state index in [-0.39, 0.29) is 18.6 Å². The summed E-state index contributed by atoms with van der Waals surface area (Å²) in [7, 11) is 1.85. The number of aromatic nitrogens is 2. The number of pyridine rings is 2. The fourth-order valence-corrected chi connectivity index (χ4v) is 4.34. The summed E-state index contributed by atoms with van der Waals surface area (Å²) >= 11 is 0. The van der Waals surface area contributed by atoms with Crippen LogP contribution in [0.15, 0.2) is 35.1 Å². The van der Waals surface area contributed by atoms with Gasteiger partial charge in [-0.25, -0.2) is 9.78 Å². The van der Waals surface area contributed by atoms with Crippen molar-refractivity contribution in [2.45, 2.75) is 32.1 Å². The Morgan fingerprint density at radius 1 is 1.32 bits per heavy atom. The molecule has 0 spiro atoms. The first-order valence-corrected chi connectivity index (χ1v) is 10.2. The van der Waals surface area contributed by atoms with Crippen LogP contribution in [0, 0.1) is 11.8 Å². The molecular weight excluding hydrogens is 394 g/mol. The van der Waals surface area contributed by atoms with Gasteiger partial charge in [0, 0.05) is 22.1 Å². The number of cyclic esters (lactones) is 1. The lowest BCUT2D eigenvalue weighted by molar-refractivity contribution is -0.172. The zero-order valence-corrected chi connectivity index (χ0v) is 17.3. The third-order valence-corrected chi connectivity index (χ3v) is 6.04. The van der Waals surface area contributed by atoms with Crippen molar-refractivity contribution in [2.75, 3.05) is 13.6 Å². The molecule has 0 fully saturated rings. The number of esters is 1. The number of carbonyl (C=O) groups excluding carboxylic acids is 1. The summed E-state index contributed by atoms with van der Waals surface area (Å²) < 4.78 is 6.75. The summed E-state index contributed by atoms with van der Waals surface area (Å²) in [5.41, 5.74) is 2.42. The number of ether oxygens (including phenoxy) is 1. The molecule has 1 aromatic carbocycles. The summed E-state index contributed by atoms with van der Waals surface area (Å²) in [6.07, 6.45) is 0.119.